The first kappa shape index (κ1) is 13.0. The van der Waals surface area contributed by atoms with Gasteiger partial charge in [0.1, 0.15) is 21.2 Å². The predicted molar refractivity (Wildman–Crippen MR) is 81.9 cm³/mol. The fourth-order valence-electron chi connectivity index (χ4n) is 1.98. The summed E-state index contributed by atoms with van der Waals surface area (Å²) < 4.78 is 14.2. The van der Waals surface area contributed by atoms with E-state index in [2.05, 4.69) is 9.97 Å². The number of aromatic nitrogens is 2. The maximum atomic E-state index is 14.2. The van der Waals surface area contributed by atoms with Crippen LogP contribution in [0.2, 0.25) is 0 Å². The molecular weight excluding hydrogens is 273 g/mol. The summed E-state index contributed by atoms with van der Waals surface area (Å²) in [7, 11) is 3.78. The van der Waals surface area contributed by atoms with Crippen molar-refractivity contribution in [2.24, 2.45) is 0 Å². The molecular formula is C15H14FN3S. The first-order valence-corrected chi connectivity index (χ1v) is 7.07. The van der Waals surface area contributed by atoms with Gasteiger partial charge in [0.25, 0.3) is 0 Å². The van der Waals surface area contributed by atoms with Crippen molar-refractivity contribution in [3.8, 4) is 10.6 Å². The van der Waals surface area contributed by atoms with E-state index >= 15 is 0 Å². The van der Waals surface area contributed by atoms with Gasteiger partial charge in [-0.3, -0.25) is 0 Å². The van der Waals surface area contributed by atoms with Gasteiger partial charge in [0.15, 0.2) is 0 Å². The molecule has 0 spiro atoms. The highest BCUT2D eigenvalue weighted by Crippen LogP contribution is 2.32. The predicted octanol–water partition coefficient (Wildman–Crippen LogP) is 3.87. The summed E-state index contributed by atoms with van der Waals surface area (Å²) in [6, 6.07) is 9.03. The van der Waals surface area contributed by atoms with Gasteiger partial charge in [-0.2, -0.15) is 0 Å². The molecule has 0 aliphatic rings. The minimum absolute atomic E-state index is 0.257. The van der Waals surface area contributed by atoms with E-state index in [1.165, 1.54) is 17.4 Å². The van der Waals surface area contributed by atoms with Gasteiger partial charge in [0.05, 0.1) is 0 Å². The summed E-state index contributed by atoms with van der Waals surface area (Å²) in [6.07, 6.45) is 0. The van der Waals surface area contributed by atoms with Gasteiger partial charge in [-0.15, -0.1) is 0 Å². The Morgan fingerprint density at radius 1 is 1.10 bits per heavy atom. The topological polar surface area (TPSA) is 29.0 Å². The van der Waals surface area contributed by atoms with Crippen LogP contribution >= 0.6 is 11.3 Å². The average molecular weight is 287 g/mol. The fourth-order valence-corrected chi connectivity index (χ4v) is 2.99. The Kier molecular flexibility index (Phi) is 3.14. The summed E-state index contributed by atoms with van der Waals surface area (Å²) in [6.45, 7) is 1.94. The summed E-state index contributed by atoms with van der Waals surface area (Å²) in [4.78, 5) is 11.6. The molecule has 0 radical (unpaired) electrons. The third-order valence-corrected chi connectivity index (χ3v) is 4.09. The first-order chi connectivity index (χ1) is 9.54. The number of aryl methyl sites for hydroxylation is 1. The van der Waals surface area contributed by atoms with Gasteiger partial charge in [-0.1, -0.05) is 11.3 Å². The molecule has 102 valence electrons. The van der Waals surface area contributed by atoms with E-state index < -0.39 is 0 Å². The van der Waals surface area contributed by atoms with Gasteiger partial charge < -0.3 is 4.90 Å². The largest absolute Gasteiger partial charge is 0.378 e. The van der Waals surface area contributed by atoms with Gasteiger partial charge in [-0.25, -0.2) is 14.4 Å². The van der Waals surface area contributed by atoms with Gasteiger partial charge in [0, 0.05) is 31.0 Å². The number of hydrogen-bond donors (Lipinski definition) is 0. The van der Waals surface area contributed by atoms with E-state index in [4.69, 9.17) is 0 Å². The lowest BCUT2D eigenvalue weighted by Gasteiger charge is -2.12. The number of halogens is 1. The van der Waals surface area contributed by atoms with Crippen LogP contribution < -0.4 is 4.90 Å². The molecule has 2 heterocycles. The molecule has 0 N–H and O–H groups in total. The zero-order chi connectivity index (χ0) is 14.3. The Morgan fingerprint density at radius 2 is 1.90 bits per heavy atom. The Hall–Kier alpha value is -2.01. The SMILES string of the molecule is Cc1ccc2nc(-c3ccc(N(C)C)cc3F)sc2n1. The van der Waals surface area contributed by atoms with Crippen LogP contribution in [0.4, 0.5) is 10.1 Å². The molecule has 0 saturated heterocycles. The number of benzene rings is 1. The third kappa shape index (κ3) is 2.25. The summed E-state index contributed by atoms with van der Waals surface area (Å²) in [5.41, 5.74) is 3.11. The molecule has 1 aromatic carbocycles. The number of rotatable bonds is 2. The van der Waals surface area contributed by atoms with Crippen molar-refractivity contribution in [3.63, 3.8) is 0 Å². The summed E-state index contributed by atoms with van der Waals surface area (Å²) >= 11 is 1.42. The molecule has 0 fully saturated rings. The number of anilines is 1. The number of fused-ring (bicyclic) bond motifs is 1. The van der Waals surface area contributed by atoms with Gasteiger partial charge in [0.2, 0.25) is 0 Å². The minimum Gasteiger partial charge on any atom is -0.378 e. The van der Waals surface area contributed by atoms with Crippen molar-refractivity contribution in [1.82, 2.24) is 9.97 Å². The van der Waals surface area contributed by atoms with E-state index in [-0.39, 0.29) is 5.82 Å². The van der Waals surface area contributed by atoms with Crippen LogP contribution in [0.3, 0.4) is 0 Å². The molecule has 0 aliphatic heterocycles. The van der Waals surface area contributed by atoms with E-state index in [1.807, 2.05) is 44.1 Å². The normalized spacial score (nSPS) is 11.0. The number of thiazole rings is 1. The zero-order valence-corrected chi connectivity index (χ0v) is 12.3. The molecule has 5 heteroatoms. The molecule has 20 heavy (non-hydrogen) atoms. The van der Waals surface area contributed by atoms with Crippen molar-refractivity contribution in [1.29, 1.82) is 0 Å². The van der Waals surface area contributed by atoms with Crippen LogP contribution in [0.1, 0.15) is 5.69 Å². The van der Waals surface area contributed by atoms with Crippen molar-refractivity contribution in [3.05, 3.63) is 41.8 Å². The van der Waals surface area contributed by atoms with Gasteiger partial charge in [-0.05, 0) is 37.3 Å². The summed E-state index contributed by atoms with van der Waals surface area (Å²) in [5, 5.41) is 0.668. The Labute approximate surface area is 120 Å². The van der Waals surface area contributed by atoms with Crippen molar-refractivity contribution >= 4 is 27.4 Å². The minimum atomic E-state index is -0.257. The quantitative estimate of drug-likeness (QED) is 0.716. The van der Waals surface area contributed by atoms with E-state index in [0.29, 0.717) is 10.6 Å². The average Bonchev–Trinajstić information content (AvgIpc) is 2.80. The molecule has 3 aromatic rings. The Bertz CT molecular complexity index is 780. The second kappa shape index (κ2) is 4.83. The fraction of sp³-hybridized carbons (Fsp3) is 0.200. The van der Waals surface area contributed by atoms with Crippen LogP contribution in [0.25, 0.3) is 20.9 Å². The Balaban J connectivity index is 2.10. The monoisotopic (exact) mass is 287 g/mol. The number of pyridine rings is 1. The molecule has 3 nitrogen and oxygen atoms in total. The van der Waals surface area contributed by atoms with E-state index in [9.17, 15) is 4.39 Å². The first-order valence-electron chi connectivity index (χ1n) is 6.26. The smallest absolute Gasteiger partial charge is 0.144 e. The molecule has 3 rings (SSSR count). The lowest BCUT2D eigenvalue weighted by atomic mass is 10.2. The molecule has 0 amide bonds. The number of nitrogens with zero attached hydrogens (tertiary/aromatic N) is 3. The maximum absolute atomic E-state index is 14.2. The lowest BCUT2D eigenvalue weighted by Crippen LogP contribution is -2.08. The van der Waals surface area contributed by atoms with E-state index in [0.717, 1.165) is 21.7 Å². The summed E-state index contributed by atoms with van der Waals surface area (Å²) in [5.74, 6) is -0.257. The second-order valence-electron chi connectivity index (χ2n) is 4.85. The van der Waals surface area contributed by atoms with Crippen LogP contribution in [0.5, 0.6) is 0 Å². The molecule has 0 aliphatic carbocycles. The zero-order valence-electron chi connectivity index (χ0n) is 11.5. The standard InChI is InChI=1S/C15H14FN3S/c1-9-4-7-13-15(17-9)20-14(18-13)11-6-5-10(19(2)3)8-12(11)16/h4-8H,1-3H3. The Morgan fingerprint density at radius 3 is 2.60 bits per heavy atom. The van der Waals surface area contributed by atoms with Crippen LogP contribution in [-0.2, 0) is 0 Å². The highest BCUT2D eigenvalue weighted by Gasteiger charge is 2.12. The van der Waals surface area contributed by atoms with Crippen molar-refractivity contribution in [2.45, 2.75) is 6.92 Å². The number of hydrogen-bond acceptors (Lipinski definition) is 4. The third-order valence-electron chi connectivity index (χ3n) is 3.09. The van der Waals surface area contributed by atoms with Crippen molar-refractivity contribution in [2.75, 3.05) is 19.0 Å². The van der Waals surface area contributed by atoms with Gasteiger partial charge >= 0.3 is 0 Å². The molecule has 0 atom stereocenters. The maximum Gasteiger partial charge on any atom is 0.144 e. The van der Waals surface area contributed by atoms with Crippen LogP contribution in [-0.4, -0.2) is 24.1 Å². The van der Waals surface area contributed by atoms with Crippen molar-refractivity contribution < 1.29 is 4.39 Å². The highest BCUT2D eigenvalue weighted by atomic mass is 32.1. The lowest BCUT2D eigenvalue weighted by molar-refractivity contribution is 0.631. The highest BCUT2D eigenvalue weighted by molar-refractivity contribution is 7.21. The molecule has 0 unspecified atom stereocenters. The second-order valence-corrected chi connectivity index (χ2v) is 5.83. The molecule has 0 bridgehead atoms. The van der Waals surface area contributed by atoms with Crippen LogP contribution in [0, 0.1) is 12.7 Å². The van der Waals surface area contributed by atoms with Crippen LogP contribution in [0.15, 0.2) is 30.3 Å². The molecule has 2 aromatic heterocycles. The molecule has 0 saturated carbocycles. The van der Waals surface area contributed by atoms with E-state index in [1.54, 1.807) is 6.07 Å².